The van der Waals surface area contributed by atoms with Crippen molar-refractivity contribution in [3.63, 3.8) is 0 Å². The molecule has 0 bridgehead atoms. The van der Waals surface area contributed by atoms with E-state index in [1.807, 2.05) is 27.7 Å². The summed E-state index contributed by atoms with van der Waals surface area (Å²) in [5, 5.41) is 23.9. The van der Waals surface area contributed by atoms with Gasteiger partial charge in [-0.05, 0) is 49.0 Å². The van der Waals surface area contributed by atoms with Gasteiger partial charge in [0.2, 0.25) is 11.9 Å². The van der Waals surface area contributed by atoms with Gasteiger partial charge in [0.15, 0.2) is 11.5 Å². The summed E-state index contributed by atoms with van der Waals surface area (Å²) in [5.41, 5.74) is 6.56. The molecule has 0 spiro atoms. The Kier molecular flexibility index (Phi) is 8.87. The zero-order chi connectivity index (χ0) is 28.0. The minimum absolute atomic E-state index is 0.0892. The second-order valence-electron chi connectivity index (χ2n) is 10.4. The van der Waals surface area contributed by atoms with Crippen molar-refractivity contribution in [2.75, 3.05) is 23.7 Å². The summed E-state index contributed by atoms with van der Waals surface area (Å²) in [6, 6.07) is 6.85. The first kappa shape index (κ1) is 28.4. The number of hydrogen-bond acceptors (Lipinski definition) is 8. The number of nitrogens with two attached hydrogens (primary N) is 1. The van der Waals surface area contributed by atoms with Crippen LogP contribution in [0, 0.1) is 5.41 Å². The van der Waals surface area contributed by atoms with Crippen molar-refractivity contribution in [1.29, 1.82) is 0 Å². The molecule has 1 aliphatic rings. The lowest BCUT2D eigenvalue weighted by molar-refractivity contribution is -0.127. The van der Waals surface area contributed by atoms with Gasteiger partial charge >= 0.3 is 6.09 Å². The molecule has 3 rings (SSSR count). The molecule has 1 saturated heterocycles. The first-order valence-electron chi connectivity index (χ1n) is 12.5. The first-order valence-corrected chi connectivity index (χ1v) is 12.5. The Morgan fingerprint density at radius 2 is 1.95 bits per heavy atom. The number of piperidine rings is 1. The molecular weight excluding hydrogens is 488 g/mol. The van der Waals surface area contributed by atoms with Gasteiger partial charge in [-0.1, -0.05) is 39.5 Å². The van der Waals surface area contributed by atoms with Gasteiger partial charge in [-0.25, -0.2) is 4.79 Å². The van der Waals surface area contributed by atoms with Crippen LogP contribution in [0.15, 0.2) is 36.9 Å². The summed E-state index contributed by atoms with van der Waals surface area (Å²) >= 11 is 0. The maximum Gasteiger partial charge on any atom is 0.407 e. The van der Waals surface area contributed by atoms with E-state index in [1.165, 1.54) is 11.0 Å². The van der Waals surface area contributed by atoms with Crippen LogP contribution in [0.3, 0.4) is 0 Å². The summed E-state index contributed by atoms with van der Waals surface area (Å²) in [5.74, 6) is -0.597. The fourth-order valence-corrected chi connectivity index (χ4v) is 4.11. The quantitative estimate of drug-likeness (QED) is 0.360. The third-order valence-electron chi connectivity index (χ3n) is 6.70. The largest absolute Gasteiger partial charge is 0.465 e. The number of rotatable bonds is 9. The molecule has 0 saturated carbocycles. The van der Waals surface area contributed by atoms with Crippen LogP contribution < -0.4 is 16.4 Å². The number of nitrogens with zero attached hydrogens (tertiary/aromatic N) is 5. The predicted molar refractivity (Wildman–Crippen MR) is 144 cm³/mol. The Morgan fingerprint density at radius 1 is 1.26 bits per heavy atom. The standard InChI is InChI=1S/C26H36N8O4/c1-6-20(35)33-13-7-8-19(15-33)29-24-30-23(21(22(27)36)31-32-24)28-18-11-9-17(10-12-18)14-34(25(37)38)16(2)26(3,4)5/h6,9-12,16,19H,1,7-8,13-15H2,2-5H3,(H2,27,36)(H,37,38)(H2,28,29,30,32). The summed E-state index contributed by atoms with van der Waals surface area (Å²) < 4.78 is 0. The normalized spacial score (nSPS) is 16.3. The minimum atomic E-state index is -0.984. The molecule has 3 amide bonds. The van der Waals surface area contributed by atoms with E-state index in [-0.39, 0.29) is 47.4 Å². The Morgan fingerprint density at radius 3 is 2.53 bits per heavy atom. The van der Waals surface area contributed by atoms with Crippen LogP contribution in [0.4, 0.5) is 22.2 Å². The number of carbonyl (C=O) groups excluding carboxylic acids is 2. The van der Waals surface area contributed by atoms with Crippen LogP contribution in [0.5, 0.6) is 0 Å². The van der Waals surface area contributed by atoms with E-state index in [4.69, 9.17) is 5.73 Å². The van der Waals surface area contributed by atoms with Gasteiger partial charge in [0.25, 0.3) is 5.91 Å². The molecule has 5 N–H and O–H groups in total. The van der Waals surface area contributed by atoms with Gasteiger partial charge in [0, 0.05) is 37.4 Å². The Balaban J connectivity index is 1.75. The molecule has 1 fully saturated rings. The van der Waals surface area contributed by atoms with E-state index in [9.17, 15) is 19.5 Å². The average molecular weight is 525 g/mol. The molecule has 1 aromatic heterocycles. The maximum absolute atomic E-state index is 12.0. The van der Waals surface area contributed by atoms with Crippen LogP contribution in [-0.2, 0) is 11.3 Å². The number of nitrogens with one attached hydrogen (secondary N) is 2. The van der Waals surface area contributed by atoms with E-state index < -0.39 is 12.0 Å². The highest BCUT2D eigenvalue weighted by Gasteiger charge is 2.29. The van der Waals surface area contributed by atoms with E-state index in [0.29, 0.717) is 18.8 Å². The van der Waals surface area contributed by atoms with E-state index in [2.05, 4.69) is 32.4 Å². The second kappa shape index (κ2) is 11.9. The lowest BCUT2D eigenvalue weighted by atomic mass is 9.87. The van der Waals surface area contributed by atoms with Gasteiger partial charge in [-0.3, -0.25) is 9.59 Å². The molecule has 0 aliphatic carbocycles. The molecule has 38 heavy (non-hydrogen) atoms. The van der Waals surface area contributed by atoms with Crippen molar-refractivity contribution in [2.45, 2.75) is 59.2 Å². The summed E-state index contributed by atoms with van der Waals surface area (Å²) in [4.78, 5) is 43.3. The van der Waals surface area contributed by atoms with Gasteiger partial charge in [0.05, 0.1) is 0 Å². The minimum Gasteiger partial charge on any atom is -0.465 e. The Hall–Kier alpha value is -4.22. The van der Waals surface area contributed by atoms with E-state index in [1.54, 1.807) is 29.2 Å². The maximum atomic E-state index is 12.0. The number of benzene rings is 1. The van der Waals surface area contributed by atoms with Crippen LogP contribution >= 0.6 is 0 Å². The summed E-state index contributed by atoms with van der Waals surface area (Å²) in [6.07, 6.45) is 1.94. The zero-order valence-corrected chi connectivity index (χ0v) is 22.3. The van der Waals surface area contributed by atoms with Gasteiger partial charge in [0.1, 0.15) is 0 Å². The summed E-state index contributed by atoms with van der Waals surface area (Å²) in [7, 11) is 0. The Labute approximate surface area is 222 Å². The Bertz CT molecular complexity index is 1180. The molecule has 1 aromatic carbocycles. The fraction of sp³-hybridized carbons (Fsp3) is 0.462. The number of anilines is 3. The topological polar surface area (TPSA) is 167 Å². The average Bonchev–Trinajstić information content (AvgIpc) is 2.86. The van der Waals surface area contributed by atoms with Crippen molar-refractivity contribution in [3.8, 4) is 0 Å². The van der Waals surface area contributed by atoms with E-state index >= 15 is 0 Å². The highest BCUT2D eigenvalue weighted by molar-refractivity contribution is 5.96. The molecule has 204 valence electrons. The third-order valence-corrected chi connectivity index (χ3v) is 6.70. The molecule has 2 atom stereocenters. The molecule has 12 heteroatoms. The van der Waals surface area contributed by atoms with Crippen molar-refractivity contribution in [2.24, 2.45) is 11.1 Å². The number of carbonyl (C=O) groups is 3. The molecule has 2 heterocycles. The third kappa shape index (κ3) is 7.17. The molecular formula is C26H36N8O4. The number of primary amides is 1. The number of carboxylic acid groups (broad SMARTS) is 1. The number of aromatic nitrogens is 3. The molecule has 2 aromatic rings. The fourth-order valence-electron chi connectivity index (χ4n) is 4.11. The van der Waals surface area contributed by atoms with Crippen LogP contribution in [0.25, 0.3) is 0 Å². The number of likely N-dealkylation sites (tertiary alicyclic amines) is 1. The van der Waals surface area contributed by atoms with Gasteiger partial charge in [-0.2, -0.15) is 4.98 Å². The van der Waals surface area contributed by atoms with Crippen molar-refractivity contribution < 1.29 is 19.5 Å². The van der Waals surface area contributed by atoms with E-state index in [0.717, 1.165) is 18.4 Å². The smallest absolute Gasteiger partial charge is 0.407 e. The number of hydrogen-bond donors (Lipinski definition) is 4. The van der Waals surface area contributed by atoms with Crippen LogP contribution in [-0.4, -0.2) is 73.2 Å². The predicted octanol–water partition coefficient (Wildman–Crippen LogP) is 3.22. The van der Waals surface area contributed by atoms with Crippen molar-refractivity contribution >= 4 is 35.4 Å². The lowest BCUT2D eigenvalue weighted by Gasteiger charge is -2.36. The SMILES string of the molecule is C=CC(=O)N1CCCC(Nc2nnc(C(N)=O)c(Nc3ccc(CN(C(=O)O)C(C)C(C)(C)C)cc3)n2)C1. The monoisotopic (exact) mass is 524 g/mol. The number of amides is 3. The molecule has 12 nitrogen and oxygen atoms in total. The molecule has 2 unspecified atom stereocenters. The molecule has 0 radical (unpaired) electrons. The van der Waals surface area contributed by atoms with Gasteiger partial charge < -0.3 is 31.3 Å². The van der Waals surface area contributed by atoms with Gasteiger partial charge in [-0.15, -0.1) is 10.2 Å². The first-order chi connectivity index (χ1) is 17.9. The van der Waals surface area contributed by atoms with Crippen molar-refractivity contribution in [1.82, 2.24) is 25.0 Å². The zero-order valence-electron chi connectivity index (χ0n) is 22.3. The summed E-state index contributed by atoms with van der Waals surface area (Å²) in [6.45, 7) is 12.8. The molecule has 1 aliphatic heterocycles. The highest BCUT2D eigenvalue weighted by Crippen LogP contribution is 2.26. The lowest BCUT2D eigenvalue weighted by Crippen LogP contribution is -2.44. The second-order valence-corrected chi connectivity index (χ2v) is 10.4. The van der Waals surface area contributed by atoms with Crippen molar-refractivity contribution in [3.05, 3.63) is 48.2 Å². The highest BCUT2D eigenvalue weighted by atomic mass is 16.4. The van der Waals surface area contributed by atoms with Crippen LogP contribution in [0.1, 0.15) is 56.6 Å². The van der Waals surface area contributed by atoms with Crippen LogP contribution in [0.2, 0.25) is 0 Å².